The van der Waals surface area contributed by atoms with Crippen LogP contribution in [0.5, 0.6) is 0 Å². The summed E-state index contributed by atoms with van der Waals surface area (Å²) in [6, 6.07) is -0.141. The number of aromatic nitrogens is 2. The van der Waals surface area contributed by atoms with Gasteiger partial charge >= 0.3 is 0 Å². The van der Waals surface area contributed by atoms with Crippen molar-refractivity contribution in [3.8, 4) is 0 Å². The summed E-state index contributed by atoms with van der Waals surface area (Å²) in [4.78, 5) is 0. The van der Waals surface area contributed by atoms with Crippen LogP contribution in [-0.2, 0) is 22.4 Å². The lowest BCUT2D eigenvalue weighted by atomic mass is 10.1. The summed E-state index contributed by atoms with van der Waals surface area (Å²) >= 11 is 3.56. The molecule has 0 aliphatic carbocycles. The molecule has 0 radical (unpaired) electrons. The van der Waals surface area contributed by atoms with Gasteiger partial charge in [-0.2, -0.15) is 5.10 Å². The Labute approximate surface area is 116 Å². The second-order valence-electron chi connectivity index (χ2n) is 3.98. The summed E-state index contributed by atoms with van der Waals surface area (Å²) < 4.78 is 13.4. The van der Waals surface area contributed by atoms with Gasteiger partial charge in [0.1, 0.15) is 0 Å². The summed E-state index contributed by atoms with van der Waals surface area (Å²) in [7, 11) is 3.19. The lowest BCUT2D eigenvalue weighted by Gasteiger charge is -2.24. The van der Waals surface area contributed by atoms with Crippen LogP contribution >= 0.6 is 15.9 Å². The quantitative estimate of drug-likeness (QED) is 0.445. The summed E-state index contributed by atoms with van der Waals surface area (Å²) in [6.45, 7) is 4.83. The number of methoxy groups -OCH3 is 2. The fourth-order valence-electron chi connectivity index (χ4n) is 1.93. The highest BCUT2D eigenvalue weighted by Gasteiger charge is 2.24. The van der Waals surface area contributed by atoms with Crippen molar-refractivity contribution in [2.45, 2.75) is 39.1 Å². The molecule has 0 aromatic carbocycles. The third-order valence-electron chi connectivity index (χ3n) is 2.87. The van der Waals surface area contributed by atoms with E-state index in [0.29, 0.717) is 6.42 Å². The maximum Gasteiger partial charge on any atom is 0.173 e. The lowest BCUT2D eigenvalue weighted by molar-refractivity contribution is -0.123. The molecule has 0 amide bonds. The van der Waals surface area contributed by atoms with E-state index in [1.54, 1.807) is 14.2 Å². The van der Waals surface area contributed by atoms with E-state index in [1.807, 2.05) is 11.6 Å². The Morgan fingerprint density at radius 3 is 2.50 bits per heavy atom. The number of hydrogen-bond donors (Lipinski definition) is 2. The number of hydrazine groups is 1. The zero-order valence-electron chi connectivity index (χ0n) is 11.2. The maximum absolute atomic E-state index is 5.57. The highest BCUT2D eigenvalue weighted by Crippen LogP contribution is 2.23. The highest BCUT2D eigenvalue weighted by atomic mass is 79.9. The molecular formula is C11H21BrN4O2. The molecular weight excluding hydrogens is 300 g/mol. The maximum atomic E-state index is 5.57. The van der Waals surface area contributed by atoms with Gasteiger partial charge in [-0.1, -0.05) is 0 Å². The third kappa shape index (κ3) is 3.30. The Morgan fingerprint density at radius 1 is 1.44 bits per heavy atom. The number of halogens is 1. The Hall–Kier alpha value is -0.470. The summed E-state index contributed by atoms with van der Waals surface area (Å²) in [6.07, 6.45) is 0.264. The van der Waals surface area contributed by atoms with Gasteiger partial charge in [-0.05, 0) is 29.8 Å². The van der Waals surface area contributed by atoms with Crippen LogP contribution < -0.4 is 11.3 Å². The van der Waals surface area contributed by atoms with Crippen molar-refractivity contribution in [2.24, 2.45) is 5.84 Å². The number of nitrogens with zero attached hydrogens (tertiary/aromatic N) is 2. The molecule has 1 rings (SSSR count). The van der Waals surface area contributed by atoms with Crippen molar-refractivity contribution in [1.82, 2.24) is 15.2 Å². The van der Waals surface area contributed by atoms with E-state index in [9.17, 15) is 0 Å². The number of rotatable bonds is 7. The van der Waals surface area contributed by atoms with E-state index in [2.05, 4.69) is 33.4 Å². The molecule has 3 N–H and O–H groups in total. The SMILES string of the molecule is CCn1nc(C)c(Br)c1CC(NN)C(OC)OC. The lowest BCUT2D eigenvalue weighted by Crippen LogP contribution is -2.47. The largest absolute Gasteiger partial charge is 0.354 e. The summed E-state index contributed by atoms with van der Waals surface area (Å²) in [5, 5.41) is 4.45. The number of aryl methyl sites for hydroxylation is 2. The van der Waals surface area contributed by atoms with Gasteiger partial charge < -0.3 is 9.47 Å². The predicted octanol–water partition coefficient (Wildman–Crippen LogP) is 0.967. The fraction of sp³-hybridized carbons (Fsp3) is 0.727. The van der Waals surface area contributed by atoms with Crippen molar-refractivity contribution < 1.29 is 9.47 Å². The van der Waals surface area contributed by atoms with Gasteiger partial charge in [0, 0.05) is 27.2 Å². The van der Waals surface area contributed by atoms with Crippen LogP contribution in [0.3, 0.4) is 0 Å². The van der Waals surface area contributed by atoms with Crippen molar-refractivity contribution in [3.05, 3.63) is 15.9 Å². The summed E-state index contributed by atoms with van der Waals surface area (Å²) in [5.41, 5.74) is 4.78. The van der Waals surface area contributed by atoms with E-state index in [-0.39, 0.29) is 6.04 Å². The number of hydrogen-bond acceptors (Lipinski definition) is 5. The van der Waals surface area contributed by atoms with E-state index in [0.717, 1.165) is 22.4 Å². The number of nitrogens with one attached hydrogen (secondary N) is 1. The molecule has 0 spiro atoms. The molecule has 1 heterocycles. The molecule has 1 aromatic heterocycles. The minimum absolute atomic E-state index is 0.141. The molecule has 7 heteroatoms. The van der Waals surface area contributed by atoms with Crippen LogP contribution in [0, 0.1) is 6.92 Å². The zero-order chi connectivity index (χ0) is 13.7. The van der Waals surface area contributed by atoms with E-state index in [4.69, 9.17) is 15.3 Å². The first-order valence-electron chi connectivity index (χ1n) is 5.82. The first-order valence-corrected chi connectivity index (χ1v) is 6.61. The Balaban J connectivity index is 2.93. The second kappa shape index (κ2) is 7.20. The second-order valence-corrected chi connectivity index (χ2v) is 4.77. The topological polar surface area (TPSA) is 74.3 Å². The molecule has 6 nitrogen and oxygen atoms in total. The van der Waals surface area contributed by atoms with Crippen molar-refractivity contribution in [2.75, 3.05) is 14.2 Å². The van der Waals surface area contributed by atoms with Crippen LogP contribution in [0.4, 0.5) is 0 Å². The molecule has 0 aliphatic heterocycles. The van der Waals surface area contributed by atoms with Crippen molar-refractivity contribution in [3.63, 3.8) is 0 Å². The Bertz CT molecular complexity index is 379. The molecule has 18 heavy (non-hydrogen) atoms. The monoisotopic (exact) mass is 320 g/mol. The predicted molar refractivity (Wildman–Crippen MR) is 73.0 cm³/mol. The number of ether oxygens (including phenoxy) is 2. The molecule has 0 fully saturated rings. The average molecular weight is 321 g/mol. The minimum Gasteiger partial charge on any atom is -0.354 e. The molecule has 1 unspecified atom stereocenters. The minimum atomic E-state index is -0.401. The van der Waals surface area contributed by atoms with Gasteiger partial charge in [0.2, 0.25) is 0 Å². The van der Waals surface area contributed by atoms with Crippen molar-refractivity contribution >= 4 is 15.9 Å². The molecule has 1 atom stereocenters. The van der Waals surface area contributed by atoms with Gasteiger partial charge in [0.25, 0.3) is 0 Å². The van der Waals surface area contributed by atoms with Crippen LogP contribution in [0.15, 0.2) is 4.47 Å². The normalized spacial score (nSPS) is 13.3. The molecule has 0 aliphatic rings. The third-order valence-corrected chi connectivity index (χ3v) is 3.90. The van der Waals surface area contributed by atoms with E-state index >= 15 is 0 Å². The fourth-order valence-corrected chi connectivity index (χ4v) is 2.38. The Kier molecular flexibility index (Phi) is 6.24. The van der Waals surface area contributed by atoms with Crippen LogP contribution in [0.1, 0.15) is 18.3 Å². The van der Waals surface area contributed by atoms with Gasteiger partial charge in [0.05, 0.1) is 21.9 Å². The molecule has 1 aromatic rings. The zero-order valence-corrected chi connectivity index (χ0v) is 12.8. The van der Waals surface area contributed by atoms with E-state index in [1.165, 1.54) is 0 Å². The molecule has 0 saturated carbocycles. The van der Waals surface area contributed by atoms with Crippen LogP contribution in [0.2, 0.25) is 0 Å². The smallest absolute Gasteiger partial charge is 0.173 e. The summed E-state index contributed by atoms with van der Waals surface area (Å²) in [5.74, 6) is 5.57. The average Bonchev–Trinajstić information content (AvgIpc) is 2.66. The molecule has 104 valence electrons. The van der Waals surface area contributed by atoms with Gasteiger partial charge in [0.15, 0.2) is 6.29 Å². The van der Waals surface area contributed by atoms with E-state index < -0.39 is 6.29 Å². The van der Waals surface area contributed by atoms with Crippen LogP contribution in [0.25, 0.3) is 0 Å². The first kappa shape index (κ1) is 15.6. The van der Waals surface area contributed by atoms with Crippen LogP contribution in [-0.4, -0.2) is 36.3 Å². The standard InChI is InChI=1S/C11H21BrN4O2/c1-5-16-9(10(12)7(2)15-16)6-8(14-13)11(17-3)18-4/h8,11,14H,5-6,13H2,1-4H3. The molecule has 0 bridgehead atoms. The Morgan fingerprint density at radius 2 is 2.06 bits per heavy atom. The van der Waals surface area contributed by atoms with Gasteiger partial charge in [-0.25, -0.2) is 0 Å². The first-order chi connectivity index (χ1) is 8.58. The molecule has 0 saturated heterocycles. The van der Waals surface area contributed by atoms with Crippen molar-refractivity contribution in [1.29, 1.82) is 0 Å². The number of nitrogens with two attached hydrogens (primary N) is 1. The van der Waals surface area contributed by atoms with Gasteiger partial charge in [-0.3, -0.25) is 16.0 Å². The highest BCUT2D eigenvalue weighted by molar-refractivity contribution is 9.10. The van der Waals surface area contributed by atoms with Gasteiger partial charge in [-0.15, -0.1) is 0 Å².